The van der Waals surface area contributed by atoms with E-state index >= 15 is 0 Å². The summed E-state index contributed by atoms with van der Waals surface area (Å²) in [5, 5.41) is 43.4. The average Bonchev–Trinajstić information content (AvgIpc) is 2.38. The largest absolute Gasteiger partial charge is 0.394 e. The zero-order chi connectivity index (χ0) is 13.3. The highest BCUT2D eigenvalue weighted by Crippen LogP contribution is 2.26. The Morgan fingerprint density at radius 2 is 1.72 bits per heavy atom. The zero-order valence-electron chi connectivity index (χ0n) is 9.69. The second-order valence-electron chi connectivity index (χ2n) is 4.64. The van der Waals surface area contributed by atoms with Crippen LogP contribution in [0.2, 0.25) is 0 Å². The summed E-state index contributed by atoms with van der Waals surface area (Å²) < 4.78 is 5.40. The molecule has 6 N–H and O–H groups in total. The van der Waals surface area contributed by atoms with Crippen LogP contribution in [-0.4, -0.2) is 76.7 Å². The minimum atomic E-state index is -1.38. The van der Waals surface area contributed by atoms with Crippen LogP contribution in [0, 0.1) is 5.92 Å². The van der Waals surface area contributed by atoms with Crippen LogP contribution in [0.4, 0.5) is 4.79 Å². The lowest BCUT2D eigenvalue weighted by Crippen LogP contribution is -2.64. The number of aliphatic hydroxyl groups is 4. The summed E-state index contributed by atoms with van der Waals surface area (Å²) in [6, 6.07) is -0.296. The van der Waals surface area contributed by atoms with Gasteiger partial charge in [0.05, 0.1) is 12.7 Å². The molecule has 0 radical (unpaired) electrons. The van der Waals surface area contributed by atoms with Gasteiger partial charge < -0.3 is 35.8 Å². The Bertz CT molecular complexity index is 303. The van der Waals surface area contributed by atoms with Gasteiger partial charge in [0.1, 0.15) is 24.4 Å². The Labute approximate surface area is 104 Å². The number of hydrogen-bond acceptors (Lipinski definition) is 6. The van der Waals surface area contributed by atoms with Gasteiger partial charge in [-0.15, -0.1) is 0 Å². The van der Waals surface area contributed by atoms with E-state index in [0.717, 1.165) is 0 Å². The second kappa shape index (κ2) is 5.37. The maximum Gasteiger partial charge on any atom is 0.314 e. The van der Waals surface area contributed by atoms with Crippen LogP contribution in [0.1, 0.15) is 0 Å². The Kier molecular flexibility index (Phi) is 4.03. The molecule has 0 spiro atoms. The molecule has 18 heavy (non-hydrogen) atoms. The van der Waals surface area contributed by atoms with Crippen molar-refractivity contribution in [2.75, 3.05) is 19.7 Å². The quantitative estimate of drug-likeness (QED) is 0.310. The third-order valence-corrected chi connectivity index (χ3v) is 3.44. The third kappa shape index (κ3) is 2.43. The van der Waals surface area contributed by atoms with E-state index in [1.54, 1.807) is 0 Å². The van der Waals surface area contributed by atoms with Crippen LogP contribution in [0.25, 0.3) is 0 Å². The van der Waals surface area contributed by atoms with Crippen molar-refractivity contribution in [2.24, 2.45) is 5.92 Å². The number of amides is 2. The monoisotopic (exact) mass is 262 g/mol. The van der Waals surface area contributed by atoms with Crippen molar-refractivity contribution in [3.05, 3.63) is 0 Å². The van der Waals surface area contributed by atoms with E-state index < -0.39 is 37.1 Å². The van der Waals surface area contributed by atoms with Crippen LogP contribution in [0.3, 0.4) is 0 Å². The first-order valence-electron chi connectivity index (χ1n) is 5.86. The van der Waals surface area contributed by atoms with E-state index in [0.29, 0.717) is 13.1 Å². The van der Waals surface area contributed by atoms with Crippen molar-refractivity contribution in [1.82, 2.24) is 10.6 Å². The fourth-order valence-corrected chi connectivity index (χ4v) is 2.33. The number of carbonyl (C=O) groups excluding carboxylic acids is 1. The molecule has 2 saturated heterocycles. The topological polar surface area (TPSA) is 131 Å². The fourth-order valence-electron chi connectivity index (χ4n) is 2.33. The van der Waals surface area contributed by atoms with Crippen molar-refractivity contribution in [3.8, 4) is 0 Å². The third-order valence-electron chi connectivity index (χ3n) is 3.44. The minimum absolute atomic E-state index is 0.242. The first-order chi connectivity index (χ1) is 8.54. The Morgan fingerprint density at radius 3 is 2.28 bits per heavy atom. The van der Waals surface area contributed by atoms with Crippen molar-refractivity contribution >= 4 is 6.03 Å². The summed E-state index contributed by atoms with van der Waals surface area (Å²) in [5.74, 6) is -0.242. The molecular weight excluding hydrogens is 244 g/mol. The molecule has 2 aliphatic rings. The lowest BCUT2D eigenvalue weighted by molar-refractivity contribution is -0.240. The van der Waals surface area contributed by atoms with E-state index in [9.17, 15) is 20.1 Å². The van der Waals surface area contributed by atoms with Gasteiger partial charge in [-0.05, 0) is 0 Å². The van der Waals surface area contributed by atoms with Crippen LogP contribution >= 0.6 is 0 Å². The highest BCUT2D eigenvalue weighted by Gasteiger charge is 2.46. The predicted molar refractivity (Wildman–Crippen MR) is 58.7 cm³/mol. The van der Waals surface area contributed by atoms with Crippen molar-refractivity contribution in [3.63, 3.8) is 0 Å². The molecule has 8 nitrogen and oxygen atoms in total. The SMILES string of the molecule is O=C1NCC([C@@H]2O[C@H](CO)[C@@H](O)[C@H](O)[C@H]2O)CN1. The highest BCUT2D eigenvalue weighted by molar-refractivity contribution is 5.74. The molecule has 2 amide bonds. The first-order valence-corrected chi connectivity index (χ1v) is 5.86. The maximum absolute atomic E-state index is 11.0. The Morgan fingerprint density at radius 1 is 1.11 bits per heavy atom. The van der Waals surface area contributed by atoms with Gasteiger partial charge in [0.2, 0.25) is 0 Å². The van der Waals surface area contributed by atoms with Gasteiger partial charge >= 0.3 is 6.03 Å². The lowest BCUT2D eigenvalue weighted by atomic mass is 9.87. The Balaban J connectivity index is 2.04. The summed E-state index contributed by atoms with van der Waals surface area (Å²) in [6.07, 6.45) is -5.66. The highest BCUT2D eigenvalue weighted by atomic mass is 16.5. The molecule has 104 valence electrons. The fraction of sp³-hybridized carbons (Fsp3) is 0.900. The predicted octanol–water partition coefficient (Wildman–Crippen LogP) is -3.24. The number of ether oxygens (including phenoxy) is 1. The number of carbonyl (C=O) groups is 1. The molecule has 0 aromatic rings. The summed E-state index contributed by atoms with van der Waals surface area (Å²) in [5.41, 5.74) is 0. The van der Waals surface area contributed by atoms with Gasteiger partial charge in [-0.25, -0.2) is 4.79 Å². The summed E-state index contributed by atoms with van der Waals surface area (Å²) in [7, 11) is 0. The van der Waals surface area contributed by atoms with E-state index in [1.165, 1.54) is 0 Å². The number of hydrogen-bond donors (Lipinski definition) is 6. The Hall–Kier alpha value is -0.930. The van der Waals surface area contributed by atoms with E-state index in [2.05, 4.69) is 10.6 Å². The molecule has 2 heterocycles. The standard InChI is InChI=1S/C10H18N2O6/c13-3-5-6(14)7(15)8(16)9(18-5)4-1-11-10(17)12-2-4/h4-9,13-16H,1-3H2,(H2,11,12,17)/t5-,6-,7+,8-,9+/m1/s1. The van der Waals surface area contributed by atoms with Crippen LogP contribution in [0.15, 0.2) is 0 Å². The minimum Gasteiger partial charge on any atom is -0.394 e. The van der Waals surface area contributed by atoms with E-state index in [4.69, 9.17) is 9.84 Å². The van der Waals surface area contributed by atoms with Crippen molar-refractivity contribution in [2.45, 2.75) is 30.5 Å². The van der Waals surface area contributed by atoms with Crippen LogP contribution < -0.4 is 10.6 Å². The summed E-state index contributed by atoms with van der Waals surface area (Å²) in [6.45, 7) is 0.150. The smallest absolute Gasteiger partial charge is 0.314 e. The second-order valence-corrected chi connectivity index (χ2v) is 4.64. The molecule has 0 bridgehead atoms. The lowest BCUT2D eigenvalue weighted by Gasteiger charge is -2.44. The average molecular weight is 262 g/mol. The molecule has 0 aromatic carbocycles. The van der Waals surface area contributed by atoms with Crippen molar-refractivity contribution < 1.29 is 30.0 Å². The summed E-state index contributed by atoms with van der Waals surface area (Å²) >= 11 is 0. The molecule has 5 atom stereocenters. The maximum atomic E-state index is 11.0. The number of aliphatic hydroxyl groups excluding tert-OH is 4. The van der Waals surface area contributed by atoms with Gasteiger partial charge in [-0.2, -0.15) is 0 Å². The molecule has 0 aliphatic carbocycles. The number of nitrogens with one attached hydrogen (secondary N) is 2. The molecule has 0 saturated carbocycles. The van der Waals surface area contributed by atoms with Crippen molar-refractivity contribution in [1.29, 1.82) is 0 Å². The van der Waals surface area contributed by atoms with E-state index in [-0.39, 0.29) is 11.9 Å². The van der Waals surface area contributed by atoms with Gasteiger partial charge in [-0.1, -0.05) is 0 Å². The molecule has 8 heteroatoms. The molecule has 0 aromatic heterocycles. The molecular formula is C10H18N2O6. The summed E-state index contributed by atoms with van der Waals surface area (Å²) in [4.78, 5) is 11.0. The van der Waals surface area contributed by atoms with Gasteiger partial charge in [0.25, 0.3) is 0 Å². The van der Waals surface area contributed by atoms with Crippen LogP contribution in [0.5, 0.6) is 0 Å². The van der Waals surface area contributed by atoms with Gasteiger partial charge in [-0.3, -0.25) is 0 Å². The number of rotatable bonds is 2. The number of urea groups is 1. The molecule has 2 rings (SSSR count). The van der Waals surface area contributed by atoms with Gasteiger partial charge in [0, 0.05) is 19.0 Å². The zero-order valence-corrected chi connectivity index (χ0v) is 9.69. The molecule has 0 unspecified atom stereocenters. The van der Waals surface area contributed by atoms with Crippen LogP contribution in [-0.2, 0) is 4.74 Å². The molecule has 2 aliphatic heterocycles. The van der Waals surface area contributed by atoms with Gasteiger partial charge in [0.15, 0.2) is 0 Å². The normalized spacial score (nSPS) is 42.2. The van der Waals surface area contributed by atoms with E-state index in [1.807, 2.05) is 0 Å². The molecule has 2 fully saturated rings. The first kappa shape index (κ1) is 13.5.